The lowest BCUT2D eigenvalue weighted by molar-refractivity contribution is -0.150. The smallest absolute Gasteiger partial charge is 0.306 e. The summed E-state index contributed by atoms with van der Waals surface area (Å²) in [6.45, 7) is 0. The van der Waals surface area contributed by atoms with Gasteiger partial charge in [-0.25, -0.2) is 0 Å². The molecule has 62 valence electrons. The van der Waals surface area contributed by atoms with Crippen LogP contribution in [-0.4, -0.2) is 22.2 Å². The predicted octanol–water partition coefficient (Wildman–Crippen LogP) is 0.572. The molecule has 1 fully saturated rings. The van der Waals surface area contributed by atoms with Gasteiger partial charge in [0.05, 0.1) is 5.92 Å². The molecule has 2 atom stereocenters. The zero-order valence-electron chi connectivity index (χ0n) is 5.99. The molecule has 4 heteroatoms. The zero-order valence-corrected chi connectivity index (χ0v) is 5.99. The molecule has 1 saturated carbocycles. The van der Waals surface area contributed by atoms with Crippen LogP contribution in [0.5, 0.6) is 0 Å². The van der Waals surface area contributed by atoms with Gasteiger partial charge in [-0.3, -0.25) is 9.59 Å². The number of hydrogen-bond acceptors (Lipinski definition) is 2. The Balaban J connectivity index is 2.37. The van der Waals surface area contributed by atoms with E-state index in [0.29, 0.717) is 6.42 Å². The minimum absolute atomic E-state index is 0.00301. The summed E-state index contributed by atoms with van der Waals surface area (Å²) in [4.78, 5) is 20.6. The van der Waals surface area contributed by atoms with E-state index in [1.807, 2.05) is 0 Å². The molecule has 0 amide bonds. The van der Waals surface area contributed by atoms with Crippen LogP contribution in [0.3, 0.4) is 0 Å². The molecule has 2 N–H and O–H groups in total. The van der Waals surface area contributed by atoms with Gasteiger partial charge >= 0.3 is 11.9 Å². The van der Waals surface area contributed by atoms with E-state index in [9.17, 15) is 9.59 Å². The molecule has 1 aliphatic rings. The van der Waals surface area contributed by atoms with Gasteiger partial charge in [-0.15, -0.1) is 0 Å². The number of aliphatic carboxylic acids is 2. The summed E-state index contributed by atoms with van der Waals surface area (Å²) in [5, 5.41) is 16.9. The van der Waals surface area contributed by atoms with Crippen molar-refractivity contribution < 1.29 is 19.8 Å². The lowest BCUT2D eigenvalue weighted by Gasteiger charge is -2.31. The molecule has 0 bridgehead atoms. The van der Waals surface area contributed by atoms with Crippen molar-refractivity contribution in [1.29, 1.82) is 0 Å². The van der Waals surface area contributed by atoms with E-state index < -0.39 is 17.9 Å². The van der Waals surface area contributed by atoms with Crippen molar-refractivity contribution in [3.8, 4) is 0 Å². The van der Waals surface area contributed by atoms with Crippen LogP contribution in [0.2, 0.25) is 0 Å². The van der Waals surface area contributed by atoms with Crippen LogP contribution in [0.25, 0.3) is 0 Å². The molecule has 0 saturated heterocycles. The van der Waals surface area contributed by atoms with Crippen LogP contribution in [0.4, 0.5) is 0 Å². The molecule has 1 aliphatic carbocycles. The third-order valence-electron chi connectivity index (χ3n) is 2.17. The van der Waals surface area contributed by atoms with Gasteiger partial charge in [0.15, 0.2) is 0 Å². The normalized spacial score (nSPS) is 29.1. The highest BCUT2D eigenvalue weighted by molar-refractivity contribution is 5.74. The molecule has 0 aliphatic heterocycles. The van der Waals surface area contributed by atoms with Gasteiger partial charge in [0.1, 0.15) is 0 Å². The van der Waals surface area contributed by atoms with E-state index in [0.717, 1.165) is 6.42 Å². The Labute approximate surface area is 63.8 Å². The number of rotatable bonds is 3. The first kappa shape index (κ1) is 8.04. The van der Waals surface area contributed by atoms with Crippen LogP contribution in [0.1, 0.15) is 19.3 Å². The van der Waals surface area contributed by atoms with Crippen LogP contribution in [0.15, 0.2) is 0 Å². The van der Waals surface area contributed by atoms with Crippen LogP contribution >= 0.6 is 0 Å². The molecule has 11 heavy (non-hydrogen) atoms. The quantitative estimate of drug-likeness (QED) is 0.629. The average molecular weight is 158 g/mol. The first-order valence-corrected chi connectivity index (χ1v) is 3.56. The first-order chi connectivity index (χ1) is 5.11. The van der Waals surface area contributed by atoms with Gasteiger partial charge in [0.2, 0.25) is 0 Å². The Morgan fingerprint density at radius 3 is 2.18 bits per heavy atom. The van der Waals surface area contributed by atoms with Crippen LogP contribution in [-0.2, 0) is 9.59 Å². The Kier molecular flexibility index (Phi) is 2.12. The summed E-state index contributed by atoms with van der Waals surface area (Å²) in [5.41, 5.74) is 0. The Hall–Kier alpha value is -1.06. The highest BCUT2D eigenvalue weighted by Gasteiger charge is 2.37. The third-order valence-corrected chi connectivity index (χ3v) is 2.17. The van der Waals surface area contributed by atoms with Crippen LogP contribution in [0, 0.1) is 11.8 Å². The van der Waals surface area contributed by atoms with Gasteiger partial charge in [-0.2, -0.15) is 0 Å². The van der Waals surface area contributed by atoms with Crippen molar-refractivity contribution in [3.05, 3.63) is 0 Å². The average Bonchev–Trinajstić information content (AvgIpc) is 1.78. The fourth-order valence-electron chi connectivity index (χ4n) is 1.36. The maximum Gasteiger partial charge on any atom is 0.306 e. The molecule has 1 rings (SSSR count). The summed E-state index contributed by atoms with van der Waals surface area (Å²) in [7, 11) is 0. The highest BCUT2D eigenvalue weighted by atomic mass is 16.4. The standard InChI is InChI=1S/C7H10O4/c8-6(9)3-4-1-2-5(4)7(10)11/h4-5H,1-3H2,(H,8,9)(H,10,11)/t4-,5+/m0/s1. The van der Waals surface area contributed by atoms with Gasteiger partial charge < -0.3 is 10.2 Å². The van der Waals surface area contributed by atoms with E-state index in [1.165, 1.54) is 0 Å². The summed E-state index contributed by atoms with van der Waals surface area (Å²) in [5.74, 6) is -2.31. The molecule has 0 aromatic rings. The number of carbonyl (C=O) groups is 2. The topological polar surface area (TPSA) is 74.6 Å². The second-order valence-electron chi connectivity index (χ2n) is 2.88. The van der Waals surface area contributed by atoms with E-state index >= 15 is 0 Å². The first-order valence-electron chi connectivity index (χ1n) is 3.56. The minimum Gasteiger partial charge on any atom is -0.481 e. The maximum absolute atomic E-state index is 10.4. The molecular formula is C7H10O4. The zero-order chi connectivity index (χ0) is 8.43. The predicted molar refractivity (Wildman–Crippen MR) is 36.1 cm³/mol. The lowest BCUT2D eigenvalue weighted by atomic mass is 9.72. The Morgan fingerprint density at radius 1 is 1.27 bits per heavy atom. The summed E-state index contributed by atoms with van der Waals surface area (Å²) < 4.78 is 0. The molecule has 0 spiro atoms. The van der Waals surface area contributed by atoms with E-state index in [-0.39, 0.29) is 12.3 Å². The van der Waals surface area contributed by atoms with Gasteiger partial charge in [0, 0.05) is 6.42 Å². The molecular weight excluding hydrogens is 148 g/mol. The molecule has 0 aromatic heterocycles. The Morgan fingerprint density at radius 2 is 1.91 bits per heavy atom. The molecule has 0 heterocycles. The fourth-order valence-corrected chi connectivity index (χ4v) is 1.36. The molecule has 0 aromatic carbocycles. The summed E-state index contributed by atoms with van der Waals surface area (Å²) >= 11 is 0. The number of hydrogen-bond donors (Lipinski definition) is 2. The van der Waals surface area contributed by atoms with E-state index in [4.69, 9.17) is 10.2 Å². The molecule has 0 radical (unpaired) electrons. The van der Waals surface area contributed by atoms with Crippen molar-refractivity contribution >= 4 is 11.9 Å². The van der Waals surface area contributed by atoms with Gasteiger partial charge in [-0.1, -0.05) is 0 Å². The SMILES string of the molecule is O=C(O)C[C@@H]1CC[C@H]1C(=O)O. The maximum atomic E-state index is 10.4. The van der Waals surface area contributed by atoms with Crippen molar-refractivity contribution in [3.63, 3.8) is 0 Å². The van der Waals surface area contributed by atoms with Crippen molar-refractivity contribution in [2.24, 2.45) is 11.8 Å². The molecule has 0 unspecified atom stereocenters. The fraction of sp³-hybridized carbons (Fsp3) is 0.714. The lowest BCUT2D eigenvalue weighted by Crippen LogP contribution is -2.34. The third kappa shape index (κ3) is 1.69. The summed E-state index contributed by atoms with van der Waals surface area (Å²) in [6, 6.07) is 0. The number of carboxylic acids is 2. The van der Waals surface area contributed by atoms with Gasteiger partial charge in [-0.05, 0) is 18.8 Å². The van der Waals surface area contributed by atoms with Crippen molar-refractivity contribution in [1.82, 2.24) is 0 Å². The van der Waals surface area contributed by atoms with E-state index in [1.54, 1.807) is 0 Å². The van der Waals surface area contributed by atoms with Gasteiger partial charge in [0.25, 0.3) is 0 Å². The molecule has 4 nitrogen and oxygen atoms in total. The Bertz CT molecular complexity index is 187. The van der Waals surface area contributed by atoms with Crippen LogP contribution < -0.4 is 0 Å². The minimum atomic E-state index is -0.902. The van der Waals surface area contributed by atoms with Crippen molar-refractivity contribution in [2.75, 3.05) is 0 Å². The monoisotopic (exact) mass is 158 g/mol. The largest absolute Gasteiger partial charge is 0.481 e. The summed E-state index contributed by atoms with van der Waals surface area (Å²) in [6.07, 6.45) is 1.37. The second kappa shape index (κ2) is 2.90. The van der Waals surface area contributed by atoms with Crippen molar-refractivity contribution in [2.45, 2.75) is 19.3 Å². The second-order valence-corrected chi connectivity index (χ2v) is 2.88. The number of carboxylic acid groups (broad SMARTS) is 2. The highest BCUT2D eigenvalue weighted by Crippen LogP contribution is 2.36. The van der Waals surface area contributed by atoms with E-state index in [2.05, 4.69) is 0 Å².